The molecule has 0 unspecified atom stereocenters. The van der Waals surface area contributed by atoms with Crippen molar-refractivity contribution in [3.05, 3.63) is 36.2 Å². The highest BCUT2D eigenvalue weighted by molar-refractivity contribution is 5.63. The summed E-state index contributed by atoms with van der Waals surface area (Å²) in [4.78, 5) is 0. The fraction of sp³-hybridized carbons (Fsp3) is 0.250. The average molecular weight is 238 g/mol. The maximum absolute atomic E-state index is 13.6. The minimum Gasteiger partial charge on any atom is -0.505 e. The summed E-state index contributed by atoms with van der Waals surface area (Å²) in [6.07, 6.45) is 3.11. The number of hydrogen-bond acceptors (Lipinski definition) is 2. The van der Waals surface area contributed by atoms with Crippen LogP contribution in [0, 0.1) is 11.6 Å². The first-order chi connectivity index (χ1) is 8.00. The molecule has 0 saturated heterocycles. The first-order valence-corrected chi connectivity index (χ1v) is 5.22. The number of benzene rings is 1. The zero-order valence-corrected chi connectivity index (χ0v) is 9.48. The number of nitrogens with zero attached hydrogens (tertiary/aromatic N) is 2. The highest BCUT2D eigenvalue weighted by Crippen LogP contribution is 2.29. The Hall–Kier alpha value is -1.91. The molecule has 0 spiro atoms. The van der Waals surface area contributed by atoms with E-state index in [9.17, 15) is 8.78 Å². The second kappa shape index (κ2) is 4.16. The first kappa shape index (κ1) is 11.6. The van der Waals surface area contributed by atoms with Crippen molar-refractivity contribution in [2.75, 3.05) is 0 Å². The number of phenols is 1. The smallest absolute Gasteiger partial charge is 0.200 e. The predicted molar refractivity (Wildman–Crippen MR) is 59.6 cm³/mol. The van der Waals surface area contributed by atoms with Crippen molar-refractivity contribution >= 4 is 0 Å². The minimum atomic E-state index is -1.24. The van der Waals surface area contributed by atoms with Crippen molar-refractivity contribution < 1.29 is 13.9 Å². The molecule has 3 nitrogen and oxygen atoms in total. The maximum Gasteiger partial charge on any atom is 0.200 e. The topological polar surface area (TPSA) is 38.0 Å². The van der Waals surface area contributed by atoms with Gasteiger partial charge in [-0.1, -0.05) is 0 Å². The van der Waals surface area contributed by atoms with E-state index in [0.717, 1.165) is 6.07 Å². The third kappa shape index (κ3) is 2.00. The molecular weight excluding hydrogens is 226 g/mol. The summed E-state index contributed by atoms with van der Waals surface area (Å²) in [5, 5.41) is 13.1. The Morgan fingerprint density at radius 3 is 2.53 bits per heavy atom. The van der Waals surface area contributed by atoms with Crippen LogP contribution in [0.2, 0.25) is 0 Å². The summed E-state index contributed by atoms with van der Waals surface area (Å²) < 4.78 is 28.4. The van der Waals surface area contributed by atoms with Gasteiger partial charge in [-0.25, -0.2) is 4.39 Å². The number of rotatable bonds is 2. The van der Waals surface area contributed by atoms with Gasteiger partial charge in [0.05, 0.1) is 6.20 Å². The lowest BCUT2D eigenvalue weighted by molar-refractivity contribution is 0.408. The van der Waals surface area contributed by atoms with Gasteiger partial charge in [-0.3, -0.25) is 4.68 Å². The van der Waals surface area contributed by atoms with Crippen LogP contribution in [0.25, 0.3) is 11.1 Å². The van der Waals surface area contributed by atoms with Crippen molar-refractivity contribution in [3.63, 3.8) is 0 Å². The van der Waals surface area contributed by atoms with Crippen molar-refractivity contribution in [3.8, 4) is 16.9 Å². The van der Waals surface area contributed by atoms with Crippen LogP contribution in [-0.4, -0.2) is 14.9 Å². The monoisotopic (exact) mass is 238 g/mol. The van der Waals surface area contributed by atoms with Gasteiger partial charge in [0.2, 0.25) is 5.82 Å². The third-order valence-corrected chi connectivity index (χ3v) is 2.50. The van der Waals surface area contributed by atoms with Crippen LogP contribution in [0.15, 0.2) is 24.5 Å². The van der Waals surface area contributed by atoms with E-state index in [4.69, 9.17) is 5.11 Å². The Balaban J connectivity index is 2.49. The molecule has 2 rings (SSSR count). The lowest BCUT2D eigenvalue weighted by atomic mass is 10.1. The standard InChI is InChI=1S/C12H12F2N2O/c1-7(2)16-6-8(5-15-16)9-3-4-10(17)12(14)11(9)13/h3-7,17H,1-2H3. The Morgan fingerprint density at radius 1 is 1.24 bits per heavy atom. The third-order valence-electron chi connectivity index (χ3n) is 2.50. The molecule has 0 amide bonds. The van der Waals surface area contributed by atoms with Crippen molar-refractivity contribution in [1.29, 1.82) is 0 Å². The fourth-order valence-corrected chi connectivity index (χ4v) is 1.52. The molecular formula is C12H12F2N2O. The van der Waals surface area contributed by atoms with E-state index < -0.39 is 17.4 Å². The van der Waals surface area contributed by atoms with Gasteiger partial charge in [0.1, 0.15) is 0 Å². The molecule has 1 heterocycles. The lowest BCUT2D eigenvalue weighted by Crippen LogP contribution is -1.99. The summed E-state index contributed by atoms with van der Waals surface area (Å²) in [7, 11) is 0. The molecule has 0 aliphatic rings. The predicted octanol–water partition coefficient (Wildman–Crippen LogP) is 3.11. The van der Waals surface area contributed by atoms with Crippen LogP contribution in [0.5, 0.6) is 5.75 Å². The van der Waals surface area contributed by atoms with Gasteiger partial charge >= 0.3 is 0 Å². The highest BCUT2D eigenvalue weighted by Gasteiger charge is 2.15. The fourth-order valence-electron chi connectivity index (χ4n) is 1.52. The normalized spacial score (nSPS) is 11.1. The van der Waals surface area contributed by atoms with E-state index >= 15 is 0 Å². The van der Waals surface area contributed by atoms with Crippen LogP contribution in [0.3, 0.4) is 0 Å². The number of aromatic nitrogens is 2. The Labute approximate surface area is 97.3 Å². The van der Waals surface area contributed by atoms with Gasteiger partial charge in [0.15, 0.2) is 11.6 Å². The summed E-state index contributed by atoms with van der Waals surface area (Å²) in [5.74, 6) is -2.99. The Kier molecular flexibility index (Phi) is 2.83. The molecule has 5 heteroatoms. The van der Waals surface area contributed by atoms with Gasteiger partial charge in [0.25, 0.3) is 0 Å². The summed E-state index contributed by atoms with van der Waals surface area (Å²) in [5.41, 5.74) is 0.572. The quantitative estimate of drug-likeness (QED) is 0.872. The summed E-state index contributed by atoms with van der Waals surface area (Å²) >= 11 is 0. The van der Waals surface area contributed by atoms with Gasteiger partial charge < -0.3 is 5.11 Å². The molecule has 0 saturated carbocycles. The Bertz CT molecular complexity index is 549. The SMILES string of the molecule is CC(C)n1cc(-c2ccc(O)c(F)c2F)cn1. The molecule has 90 valence electrons. The van der Waals surface area contributed by atoms with Crippen LogP contribution in [0.1, 0.15) is 19.9 Å². The van der Waals surface area contributed by atoms with Gasteiger partial charge in [0, 0.05) is 23.4 Å². The molecule has 0 aliphatic carbocycles. The number of phenolic OH excluding ortho intramolecular Hbond substituents is 1. The van der Waals surface area contributed by atoms with E-state index in [2.05, 4.69) is 5.10 Å². The first-order valence-electron chi connectivity index (χ1n) is 5.22. The number of hydrogen-bond donors (Lipinski definition) is 1. The molecule has 1 aromatic heterocycles. The van der Waals surface area contributed by atoms with Gasteiger partial charge in [-0.2, -0.15) is 9.49 Å². The van der Waals surface area contributed by atoms with Gasteiger partial charge in [-0.15, -0.1) is 0 Å². The van der Waals surface area contributed by atoms with Crippen molar-refractivity contribution in [2.45, 2.75) is 19.9 Å². The molecule has 0 atom stereocenters. The highest BCUT2D eigenvalue weighted by atomic mass is 19.2. The molecule has 0 fully saturated rings. The molecule has 0 radical (unpaired) electrons. The summed E-state index contributed by atoms with van der Waals surface area (Å²) in [6.45, 7) is 3.87. The zero-order chi connectivity index (χ0) is 12.6. The van der Waals surface area contributed by atoms with E-state index in [1.54, 1.807) is 10.9 Å². The molecule has 17 heavy (non-hydrogen) atoms. The molecule has 0 bridgehead atoms. The van der Waals surface area contributed by atoms with E-state index in [0.29, 0.717) is 5.56 Å². The van der Waals surface area contributed by atoms with Crippen molar-refractivity contribution in [1.82, 2.24) is 9.78 Å². The largest absolute Gasteiger partial charge is 0.505 e. The van der Waals surface area contributed by atoms with E-state index in [1.807, 2.05) is 13.8 Å². The zero-order valence-electron chi connectivity index (χ0n) is 9.48. The molecule has 2 aromatic rings. The van der Waals surface area contributed by atoms with Crippen LogP contribution < -0.4 is 0 Å². The number of aromatic hydroxyl groups is 1. The van der Waals surface area contributed by atoms with Crippen LogP contribution in [-0.2, 0) is 0 Å². The van der Waals surface area contributed by atoms with E-state index in [1.165, 1.54) is 12.3 Å². The lowest BCUT2D eigenvalue weighted by Gasteiger charge is -2.04. The second-order valence-corrected chi connectivity index (χ2v) is 4.06. The Morgan fingerprint density at radius 2 is 1.94 bits per heavy atom. The average Bonchev–Trinajstić information content (AvgIpc) is 2.75. The van der Waals surface area contributed by atoms with Crippen LogP contribution >= 0.6 is 0 Å². The molecule has 1 N–H and O–H groups in total. The minimum absolute atomic E-state index is 0.0900. The maximum atomic E-state index is 13.6. The molecule has 1 aromatic carbocycles. The number of halogens is 2. The van der Waals surface area contributed by atoms with E-state index in [-0.39, 0.29) is 11.6 Å². The van der Waals surface area contributed by atoms with Crippen molar-refractivity contribution in [2.24, 2.45) is 0 Å². The van der Waals surface area contributed by atoms with Crippen LogP contribution in [0.4, 0.5) is 8.78 Å². The molecule has 0 aliphatic heterocycles. The second-order valence-electron chi connectivity index (χ2n) is 4.06. The summed E-state index contributed by atoms with van der Waals surface area (Å²) in [6, 6.07) is 2.60. The van der Waals surface area contributed by atoms with Gasteiger partial charge in [-0.05, 0) is 26.0 Å².